The number of fused-ring (bicyclic) bond motifs is 1. The van der Waals surface area contributed by atoms with Gasteiger partial charge in [0.25, 0.3) is 0 Å². The first-order valence-corrected chi connectivity index (χ1v) is 17.7. The SMILES string of the molecule is CC12CCC(O)CC13C=CC1(C(C(=O)c4ccc(-c5cc(C(F)(F)F)ccc5Cl)o4)=C3)C2CCC2(C)C1CCC2(O)CN1CCOCC1. The van der Waals surface area contributed by atoms with Crippen LogP contribution in [0.4, 0.5) is 13.2 Å². The van der Waals surface area contributed by atoms with Crippen LogP contribution in [0.3, 0.4) is 0 Å². The second kappa shape index (κ2) is 10.8. The molecule has 8 unspecified atom stereocenters. The lowest BCUT2D eigenvalue weighted by Gasteiger charge is -2.71. The summed E-state index contributed by atoms with van der Waals surface area (Å²) in [5, 5.41) is 23.6. The topological polar surface area (TPSA) is 83.1 Å². The molecule has 1 aromatic heterocycles. The zero-order valence-electron chi connectivity index (χ0n) is 27.4. The third kappa shape index (κ3) is 4.43. The van der Waals surface area contributed by atoms with E-state index in [1.54, 1.807) is 0 Å². The van der Waals surface area contributed by atoms with E-state index in [0.717, 1.165) is 50.9 Å². The molecule has 2 spiro atoms. The van der Waals surface area contributed by atoms with Gasteiger partial charge < -0.3 is 19.4 Å². The number of alkyl halides is 3. The van der Waals surface area contributed by atoms with Gasteiger partial charge in [-0.3, -0.25) is 9.69 Å². The number of halogens is 4. The van der Waals surface area contributed by atoms with Gasteiger partial charge in [-0.05, 0) is 92.5 Å². The van der Waals surface area contributed by atoms with Crippen molar-refractivity contribution in [2.24, 2.45) is 33.5 Å². The van der Waals surface area contributed by atoms with Gasteiger partial charge in [0, 0.05) is 47.0 Å². The Morgan fingerprint density at radius 2 is 1.71 bits per heavy atom. The monoisotopic (exact) mass is 685 g/mol. The van der Waals surface area contributed by atoms with E-state index < -0.39 is 39.7 Å². The van der Waals surface area contributed by atoms with Gasteiger partial charge in [-0.1, -0.05) is 43.7 Å². The average molecular weight is 686 g/mol. The number of benzene rings is 1. The quantitative estimate of drug-likeness (QED) is 0.248. The fourth-order valence-corrected chi connectivity index (χ4v) is 11.6. The molecular weight excluding hydrogens is 643 g/mol. The molecule has 0 amide bonds. The summed E-state index contributed by atoms with van der Waals surface area (Å²) < 4.78 is 52.4. The Labute approximate surface area is 284 Å². The van der Waals surface area contributed by atoms with Crippen LogP contribution < -0.4 is 0 Å². The van der Waals surface area contributed by atoms with Gasteiger partial charge in [0.1, 0.15) is 5.76 Å². The number of Topliss-reactive ketones (excluding diaryl/α,β-unsaturated/α-hetero) is 1. The lowest BCUT2D eigenvalue weighted by atomic mass is 9.32. The van der Waals surface area contributed by atoms with Crippen molar-refractivity contribution in [3.8, 4) is 11.3 Å². The first-order chi connectivity index (χ1) is 22.7. The molecule has 258 valence electrons. The van der Waals surface area contributed by atoms with Crippen LogP contribution in [0.1, 0.15) is 74.9 Å². The molecule has 7 aliphatic rings. The second-order valence-corrected chi connectivity index (χ2v) is 16.3. The van der Waals surface area contributed by atoms with E-state index in [2.05, 4.69) is 37.0 Å². The zero-order valence-corrected chi connectivity index (χ0v) is 28.2. The van der Waals surface area contributed by atoms with Gasteiger partial charge in [0.15, 0.2) is 5.76 Å². The third-order valence-corrected chi connectivity index (χ3v) is 14.3. The number of hydrogen-bond acceptors (Lipinski definition) is 6. The molecule has 2 bridgehead atoms. The molecule has 8 atom stereocenters. The Kier molecular flexibility index (Phi) is 7.36. The smallest absolute Gasteiger partial charge is 0.416 e. The molecule has 1 aromatic carbocycles. The van der Waals surface area contributed by atoms with E-state index in [-0.39, 0.29) is 45.1 Å². The minimum Gasteiger partial charge on any atom is -0.453 e. The molecule has 10 heteroatoms. The predicted octanol–water partition coefficient (Wildman–Crippen LogP) is 7.72. The highest BCUT2D eigenvalue weighted by molar-refractivity contribution is 6.33. The number of furan rings is 1. The molecule has 9 rings (SSSR count). The fraction of sp³-hybridized carbons (Fsp3) is 0.605. The van der Waals surface area contributed by atoms with Crippen LogP contribution in [0.5, 0.6) is 0 Å². The van der Waals surface area contributed by atoms with Gasteiger partial charge in [-0.25, -0.2) is 0 Å². The van der Waals surface area contributed by atoms with Crippen molar-refractivity contribution in [3.05, 3.63) is 70.5 Å². The van der Waals surface area contributed by atoms with E-state index in [4.69, 9.17) is 20.8 Å². The summed E-state index contributed by atoms with van der Waals surface area (Å²) in [4.78, 5) is 17.2. The Hall–Kier alpha value is -2.43. The van der Waals surface area contributed by atoms with Crippen LogP contribution in [0, 0.1) is 33.5 Å². The predicted molar refractivity (Wildman–Crippen MR) is 174 cm³/mol. The van der Waals surface area contributed by atoms with Crippen molar-refractivity contribution in [2.45, 2.75) is 76.7 Å². The number of aliphatic hydroxyl groups excluding tert-OH is 1. The molecule has 3 saturated carbocycles. The molecular formula is C38H43ClF3NO5. The summed E-state index contributed by atoms with van der Waals surface area (Å²) in [5.74, 6) is -0.0701. The van der Waals surface area contributed by atoms with Crippen LogP contribution in [0.15, 0.2) is 58.6 Å². The number of morpholine rings is 1. The van der Waals surface area contributed by atoms with Crippen molar-refractivity contribution in [1.82, 2.24) is 4.90 Å². The van der Waals surface area contributed by atoms with Crippen molar-refractivity contribution >= 4 is 17.4 Å². The first-order valence-electron chi connectivity index (χ1n) is 17.3. The highest BCUT2D eigenvalue weighted by atomic mass is 35.5. The Bertz CT molecular complexity index is 1710. The summed E-state index contributed by atoms with van der Waals surface area (Å²) in [7, 11) is 0. The molecule has 2 heterocycles. The van der Waals surface area contributed by atoms with Gasteiger partial charge >= 0.3 is 6.18 Å². The molecule has 1 saturated heterocycles. The summed E-state index contributed by atoms with van der Waals surface area (Å²) >= 11 is 6.35. The number of aliphatic hydroxyl groups is 2. The van der Waals surface area contributed by atoms with Gasteiger partial charge in [-0.15, -0.1) is 0 Å². The standard InChI is InChI=1S/C38H43ClF3NO5/c1-33-10-7-24(44)20-35(33)13-14-37(30(33)8-11-34(2)31(37)9-12-36(34,46)22-43-15-17-47-18-16-43)26(21-35)32(45)29-6-5-28(48-29)25-19-23(38(40,41)42)3-4-27(25)39/h3-6,13-14,19,21,24,30-31,44,46H,7-12,15-18,20,22H2,1-2H3. The molecule has 6 aliphatic carbocycles. The van der Waals surface area contributed by atoms with E-state index in [0.29, 0.717) is 44.6 Å². The van der Waals surface area contributed by atoms with E-state index in [9.17, 15) is 28.2 Å². The fourth-order valence-electron chi connectivity index (χ4n) is 11.4. The summed E-state index contributed by atoms with van der Waals surface area (Å²) in [5.41, 5.74) is -2.93. The third-order valence-electron chi connectivity index (χ3n) is 13.9. The summed E-state index contributed by atoms with van der Waals surface area (Å²) in [6, 6.07) is 6.10. The second-order valence-electron chi connectivity index (χ2n) is 15.9. The minimum atomic E-state index is -4.56. The first kappa shape index (κ1) is 32.8. The highest BCUT2D eigenvalue weighted by Gasteiger charge is 2.74. The van der Waals surface area contributed by atoms with Crippen molar-refractivity contribution in [2.75, 3.05) is 32.8 Å². The number of rotatable bonds is 5. The molecule has 2 N–H and O–H groups in total. The molecule has 4 fully saturated rings. The molecule has 2 aromatic rings. The average Bonchev–Trinajstić information content (AvgIpc) is 3.63. The zero-order chi connectivity index (χ0) is 33.9. The van der Waals surface area contributed by atoms with E-state index in [1.165, 1.54) is 18.2 Å². The van der Waals surface area contributed by atoms with Crippen LogP contribution in [0.25, 0.3) is 11.3 Å². The number of β-amino-alcohol motifs (C(OH)–C–C–N with tert-alkyl or cyclic N) is 1. The van der Waals surface area contributed by atoms with Crippen molar-refractivity contribution in [3.63, 3.8) is 0 Å². The van der Waals surface area contributed by atoms with Crippen LogP contribution >= 0.6 is 11.6 Å². The highest BCUT2D eigenvalue weighted by Crippen LogP contribution is 2.78. The number of allylic oxidation sites excluding steroid dienone is 4. The lowest BCUT2D eigenvalue weighted by molar-refractivity contribution is -0.178. The van der Waals surface area contributed by atoms with Gasteiger partial charge in [0.2, 0.25) is 5.78 Å². The number of hydrogen-bond donors (Lipinski definition) is 2. The van der Waals surface area contributed by atoms with Crippen molar-refractivity contribution < 1.29 is 37.3 Å². The maximum Gasteiger partial charge on any atom is 0.416 e. The molecule has 0 radical (unpaired) electrons. The summed E-state index contributed by atoms with van der Waals surface area (Å²) in [6.07, 6.45) is 6.70. The normalized spacial score (nSPS) is 40.7. The number of nitrogens with zero attached hydrogens (tertiary/aromatic N) is 1. The molecule has 48 heavy (non-hydrogen) atoms. The minimum absolute atomic E-state index is 0.0180. The summed E-state index contributed by atoms with van der Waals surface area (Å²) in [6.45, 7) is 7.96. The maximum absolute atomic E-state index is 14.9. The number of carbonyl (C=O) groups is 1. The van der Waals surface area contributed by atoms with Crippen LogP contribution in [-0.2, 0) is 10.9 Å². The Morgan fingerprint density at radius 3 is 2.46 bits per heavy atom. The number of ether oxygens (including phenoxy) is 1. The largest absolute Gasteiger partial charge is 0.453 e. The maximum atomic E-state index is 14.9. The Morgan fingerprint density at radius 1 is 1.00 bits per heavy atom. The number of ketones is 1. The number of carbonyl (C=O) groups excluding carboxylic acids is 1. The lowest BCUT2D eigenvalue weighted by Crippen LogP contribution is -2.67. The molecule has 6 nitrogen and oxygen atoms in total. The van der Waals surface area contributed by atoms with E-state index >= 15 is 0 Å². The molecule has 1 aliphatic heterocycles. The van der Waals surface area contributed by atoms with Gasteiger partial charge in [0.05, 0.1) is 35.5 Å². The van der Waals surface area contributed by atoms with E-state index in [1.807, 2.05) is 0 Å². The van der Waals surface area contributed by atoms with Gasteiger partial charge in [-0.2, -0.15) is 13.2 Å². The van der Waals surface area contributed by atoms with Crippen LogP contribution in [0.2, 0.25) is 5.02 Å². The van der Waals surface area contributed by atoms with Crippen LogP contribution in [-0.4, -0.2) is 65.4 Å². The Balaban J connectivity index is 1.22. The van der Waals surface area contributed by atoms with Crippen molar-refractivity contribution in [1.29, 1.82) is 0 Å².